The summed E-state index contributed by atoms with van der Waals surface area (Å²) < 4.78 is 98.8. The number of alkyl halides is 3. The zero-order valence-corrected chi connectivity index (χ0v) is 38.1. The fourth-order valence-electron chi connectivity index (χ4n) is 7.11. The van der Waals surface area contributed by atoms with E-state index in [-0.39, 0.29) is 43.0 Å². The molecule has 68 heavy (non-hydrogen) atoms. The van der Waals surface area contributed by atoms with Crippen LogP contribution in [-0.2, 0) is 40.4 Å². The fraction of sp³-hybridized carbons (Fsp3) is 0.0577. The van der Waals surface area contributed by atoms with Gasteiger partial charge in [-0.15, -0.1) is 24.3 Å². The molecular weight excluding hydrogens is 1060 g/mol. The predicted molar refractivity (Wildman–Crippen MR) is 234 cm³/mol. The summed E-state index contributed by atoms with van der Waals surface area (Å²) in [4.78, 5) is 7.05. The van der Waals surface area contributed by atoms with Crippen molar-refractivity contribution >= 4 is 0 Å². The minimum atomic E-state index is -4.57. The number of aromatic nitrogens is 8. The molecule has 10 rings (SSSR count). The topological polar surface area (TPSA) is 70.4 Å². The molecule has 0 saturated carbocycles. The average molecular weight is 1100 g/mol. The maximum Gasteiger partial charge on any atom is 0.429 e. The van der Waals surface area contributed by atoms with Crippen LogP contribution in [0.25, 0.3) is 67.9 Å². The number of rotatable bonds is 7. The third kappa shape index (κ3) is 10.7. The maximum absolute atomic E-state index is 14.5. The summed E-state index contributed by atoms with van der Waals surface area (Å²) >= 11 is 0. The number of hydrogen-bond acceptors (Lipinski definition) is 3. The Morgan fingerprint density at radius 2 is 0.941 bits per heavy atom. The zero-order chi connectivity index (χ0) is 47.1. The Kier molecular flexibility index (Phi) is 15.0. The number of nitrogens with zero attached hydrogens (tertiary/aromatic N) is 8. The molecule has 0 bridgehead atoms. The van der Waals surface area contributed by atoms with Crippen molar-refractivity contribution in [3.05, 3.63) is 224 Å². The third-order valence-electron chi connectivity index (χ3n) is 9.98. The number of pyridine rings is 1. The van der Waals surface area contributed by atoms with Crippen LogP contribution in [0.2, 0.25) is 0 Å². The van der Waals surface area contributed by atoms with Crippen LogP contribution >= 0.6 is 0 Å². The second-order valence-corrected chi connectivity index (χ2v) is 14.5. The molecule has 8 nitrogen and oxygen atoms in total. The van der Waals surface area contributed by atoms with Gasteiger partial charge in [-0.05, 0) is 51.6 Å². The fourth-order valence-corrected chi connectivity index (χ4v) is 7.11. The van der Waals surface area contributed by atoms with Gasteiger partial charge in [0.25, 0.3) is 0 Å². The van der Waals surface area contributed by atoms with Gasteiger partial charge >= 0.3 is 6.18 Å². The van der Waals surface area contributed by atoms with Crippen LogP contribution < -0.4 is 14.2 Å². The summed E-state index contributed by atoms with van der Waals surface area (Å²) in [6.45, 7) is 0. The molecule has 0 N–H and O–H groups in total. The quantitative estimate of drug-likeness (QED) is 0.0906. The van der Waals surface area contributed by atoms with E-state index >= 15 is 0 Å². The summed E-state index contributed by atoms with van der Waals surface area (Å²) in [6.07, 6.45) is 3.13. The van der Waals surface area contributed by atoms with Crippen LogP contribution in [0, 0.1) is 48.1 Å². The first kappa shape index (κ1) is 48.1. The van der Waals surface area contributed by atoms with Crippen LogP contribution in [0.15, 0.2) is 170 Å². The Bertz CT molecular complexity index is 3060. The second kappa shape index (κ2) is 21.2. The van der Waals surface area contributed by atoms with E-state index in [1.165, 1.54) is 12.3 Å². The van der Waals surface area contributed by atoms with Gasteiger partial charge in [0.2, 0.25) is 12.7 Å². The summed E-state index contributed by atoms with van der Waals surface area (Å²) in [5.74, 6) is -4.06. The molecular formula is C52H34F7IrN8-3. The van der Waals surface area contributed by atoms with Gasteiger partial charge in [0.05, 0.1) is 42.6 Å². The van der Waals surface area contributed by atoms with Crippen LogP contribution in [0.1, 0.15) is 5.82 Å². The molecule has 10 aromatic rings. The smallest absolute Gasteiger partial charge is 0.413 e. The van der Waals surface area contributed by atoms with Crippen LogP contribution in [0.3, 0.4) is 0 Å². The van der Waals surface area contributed by atoms with Gasteiger partial charge in [-0.2, -0.15) is 25.3 Å². The van der Waals surface area contributed by atoms with Crippen molar-refractivity contribution in [1.29, 1.82) is 0 Å². The van der Waals surface area contributed by atoms with Crippen molar-refractivity contribution in [2.75, 3.05) is 0 Å². The summed E-state index contributed by atoms with van der Waals surface area (Å²) in [7, 11) is 3.71. The van der Waals surface area contributed by atoms with E-state index in [2.05, 4.69) is 45.0 Å². The number of benzene rings is 6. The number of aryl methyl sites for hydroxylation is 2. The molecule has 4 heterocycles. The van der Waals surface area contributed by atoms with Crippen molar-refractivity contribution in [2.24, 2.45) is 14.1 Å². The molecule has 16 heteroatoms. The molecule has 0 aliphatic carbocycles. The average Bonchev–Trinajstić information content (AvgIpc) is 4.07. The first-order valence-electron chi connectivity index (χ1n) is 20.3. The minimum absolute atomic E-state index is 0. The van der Waals surface area contributed by atoms with Crippen molar-refractivity contribution in [3.63, 3.8) is 0 Å². The molecule has 0 saturated heterocycles. The minimum Gasteiger partial charge on any atom is -0.413 e. The predicted octanol–water partition coefficient (Wildman–Crippen LogP) is 10.5. The summed E-state index contributed by atoms with van der Waals surface area (Å²) in [5.41, 5.74) is 7.58. The molecule has 4 aromatic heterocycles. The molecule has 0 aliphatic rings. The van der Waals surface area contributed by atoms with Gasteiger partial charge in [-0.1, -0.05) is 127 Å². The first-order valence-corrected chi connectivity index (χ1v) is 20.3. The maximum atomic E-state index is 14.5. The Morgan fingerprint density at radius 1 is 0.544 bits per heavy atom. The molecule has 0 fully saturated rings. The molecule has 0 atom stereocenters. The summed E-state index contributed by atoms with van der Waals surface area (Å²) in [5, 5.41) is 6.25. The van der Waals surface area contributed by atoms with Crippen LogP contribution in [0.5, 0.6) is 0 Å². The van der Waals surface area contributed by atoms with Crippen LogP contribution in [-0.4, -0.2) is 24.2 Å². The van der Waals surface area contributed by atoms with Gasteiger partial charge in [-0.3, -0.25) is 27.6 Å². The van der Waals surface area contributed by atoms with Gasteiger partial charge < -0.3 is 28.4 Å². The van der Waals surface area contributed by atoms with Gasteiger partial charge in [0.1, 0.15) is 5.82 Å². The number of halogens is 7. The van der Waals surface area contributed by atoms with E-state index in [9.17, 15) is 30.7 Å². The van der Waals surface area contributed by atoms with E-state index < -0.39 is 35.3 Å². The van der Waals surface area contributed by atoms with E-state index in [1.807, 2.05) is 145 Å². The number of imidazole rings is 2. The van der Waals surface area contributed by atoms with E-state index in [0.717, 1.165) is 69.3 Å². The molecule has 6 aromatic carbocycles. The summed E-state index contributed by atoms with van der Waals surface area (Å²) in [6, 6.07) is 53.1. The Labute approximate surface area is 399 Å². The molecule has 0 amide bonds. The monoisotopic (exact) mass is 1100 g/mol. The van der Waals surface area contributed by atoms with E-state index in [0.29, 0.717) is 0 Å². The van der Waals surface area contributed by atoms with Crippen molar-refractivity contribution in [3.8, 4) is 67.9 Å². The van der Waals surface area contributed by atoms with Crippen molar-refractivity contribution < 1.29 is 60.0 Å². The zero-order valence-electron chi connectivity index (χ0n) is 35.7. The largest absolute Gasteiger partial charge is 0.429 e. The molecule has 0 spiro atoms. The standard InChI is InChI=1S/2C22H15F2N2.C8H4F3N4.Ir/c2*1-25-15-26(20-13-12-18(23)14-19(20)24)22(17-10-6-3-7-11-17)21(25)16-8-4-2-5-9-16;9-8(10,11)7-13-6(14-15-7)5-3-1-2-4-12-5;/h2*2-12,14H,1H3;1-4H;/q3*-1;. The van der Waals surface area contributed by atoms with Gasteiger partial charge in [-0.25, -0.2) is 0 Å². The number of hydrogen-bond donors (Lipinski definition) is 0. The SMILES string of the molecule is C[n+]1[c-]n(-c2[c-]cc(F)cc2F)c(-c2ccccc2)c1-c1ccccc1.C[n+]1[c-]n(-c2[c-]cc(F)cc2F)c(-c2ccccc2)c1-c1ccccc1.FC(F)(F)c1n[n-]c(-c2ccccn2)n1.[Ir]. The van der Waals surface area contributed by atoms with Gasteiger partial charge in [0, 0.05) is 49.6 Å². The third-order valence-corrected chi connectivity index (χ3v) is 9.98. The normalized spacial score (nSPS) is 10.9. The molecule has 343 valence electrons. The molecule has 0 aliphatic heterocycles. The Balaban J connectivity index is 0.000000156. The van der Waals surface area contributed by atoms with Crippen molar-refractivity contribution in [2.45, 2.75) is 6.18 Å². The Hall–Kier alpha value is -7.81. The molecule has 1 radical (unpaired) electrons. The van der Waals surface area contributed by atoms with E-state index in [1.54, 1.807) is 21.3 Å². The van der Waals surface area contributed by atoms with E-state index in [4.69, 9.17) is 0 Å². The van der Waals surface area contributed by atoms with Crippen LogP contribution in [0.4, 0.5) is 30.7 Å². The molecule has 0 unspecified atom stereocenters. The Morgan fingerprint density at radius 3 is 1.29 bits per heavy atom. The van der Waals surface area contributed by atoms with Crippen molar-refractivity contribution in [1.82, 2.24) is 29.3 Å². The van der Waals surface area contributed by atoms with Gasteiger partial charge in [0.15, 0.2) is 0 Å². The first-order chi connectivity index (χ1) is 32.4. The second-order valence-electron chi connectivity index (χ2n) is 14.5.